The van der Waals surface area contributed by atoms with Gasteiger partial charge in [-0.25, -0.2) is 0 Å². The first-order chi connectivity index (χ1) is 35.0. The van der Waals surface area contributed by atoms with Gasteiger partial charge in [0.15, 0.2) is 6.10 Å². The van der Waals surface area contributed by atoms with E-state index in [1.807, 2.05) is 0 Å². The lowest BCUT2D eigenvalue weighted by Gasteiger charge is -2.18. The second kappa shape index (κ2) is 59.7. The van der Waals surface area contributed by atoms with E-state index in [4.69, 9.17) is 14.2 Å². The van der Waals surface area contributed by atoms with Crippen molar-refractivity contribution in [3.8, 4) is 0 Å². The first kappa shape index (κ1) is 68.1. The van der Waals surface area contributed by atoms with Crippen LogP contribution in [0.25, 0.3) is 0 Å². The number of unbranched alkanes of at least 4 members (excludes halogenated alkanes) is 35. The van der Waals surface area contributed by atoms with Crippen molar-refractivity contribution in [2.24, 2.45) is 0 Å². The summed E-state index contributed by atoms with van der Waals surface area (Å²) in [5, 5.41) is 0. The van der Waals surface area contributed by atoms with E-state index in [2.05, 4.69) is 81.5 Å². The van der Waals surface area contributed by atoms with Crippen molar-refractivity contribution in [1.82, 2.24) is 0 Å². The van der Waals surface area contributed by atoms with Crippen LogP contribution >= 0.6 is 0 Å². The van der Waals surface area contributed by atoms with Gasteiger partial charge in [0, 0.05) is 19.3 Å². The zero-order valence-electron chi connectivity index (χ0n) is 47.2. The van der Waals surface area contributed by atoms with Crippen molar-refractivity contribution < 1.29 is 28.6 Å². The molecular weight excluding hydrogens is 877 g/mol. The summed E-state index contributed by atoms with van der Waals surface area (Å²) in [6.07, 6.45) is 75.0. The fourth-order valence-electron chi connectivity index (χ4n) is 8.79. The third kappa shape index (κ3) is 57.9. The smallest absolute Gasteiger partial charge is 0.306 e. The normalized spacial score (nSPS) is 12.4. The van der Waals surface area contributed by atoms with Crippen LogP contribution in [0.3, 0.4) is 0 Å². The molecule has 0 unspecified atom stereocenters. The average molecular weight is 994 g/mol. The van der Waals surface area contributed by atoms with Gasteiger partial charge in [-0.1, -0.05) is 248 Å². The van der Waals surface area contributed by atoms with Crippen LogP contribution in [0, 0.1) is 0 Å². The number of rotatable bonds is 56. The minimum absolute atomic E-state index is 0.0844. The third-order valence-electron chi connectivity index (χ3n) is 13.5. The molecule has 0 aromatic rings. The van der Waals surface area contributed by atoms with Crippen molar-refractivity contribution in [2.75, 3.05) is 13.2 Å². The van der Waals surface area contributed by atoms with Gasteiger partial charge in [0.1, 0.15) is 13.2 Å². The molecule has 0 saturated carbocycles. The lowest BCUT2D eigenvalue weighted by Crippen LogP contribution is -2.30. The minimum atomic E-state index is -0.789. The molecule has 0 heterocycles. The monoisotopic (exact) mass is 993 g/mol. The Kier molecular flexibility index (Phi) is 57.2. The van der Waals surface area contributed by atoms with Crippen molar-refractivity contribution >= 4 is 17.9 Å². The zero-order valence-corrected chi connectivity index (χ0v) is 47.2. The van der Waals surface area contributed by atoms with Gasteiger partial charge >= 0.3 is 17.9 Å². The maximum absolute atomic E-state index is 12.9. The second-order valence-electron chi connectivity index (χ2n) is 20.6. The number of ether oxygens (including phenoxy) is 3. The number of esters is 3. The van der Waals surface area contributed by atoms with Gasteiger partial charge in [-0.05, 0) is 109 Å². The molecule has 71 heavy (non-hydrogen) atoms. The van der Waals surface area contributed by atoms with E-state index in [9.17, 15) is 14.4 Å². The van der Waals surface area contributed by atoms with Crippen molar-refractivity contribution in [2.45, 2.75) is 322 Å². The van der Waals surface area contributed by atoms with E-state index in [1.165, 1.54) is 193 Å². The Labute approximate surface area is 440 Å². The molecule has 1 atom stereocenters. The molecule has 0 aliphatic heterocycles. The molecule has 6 heteroatoms. The first-order valence-electron chi connectivity index (χ1n) is 30.8. The van der Waals surface area contributed by atoms with E-state index in [0.29, 0.717) is 19.3 Å². The lowest BCUT2D eigenvalue weighted by molar-refractivity contribution is -0.167. The summed E-state index contributed by atoms with van der Waals surface area (Å²) < 4.78 is 16.9. The number of hydrogen-bond acceptors (Lipinski definition) is 6. The first-order valence-corrected chi connectivity index (χ1v) is 30.8. The maximum Gasteiger partial charge on any atom is 0.306 e. The van der Waals surface area contributed by atoms with Crippen molar-refractivity contribution in [3.63, 3.8) is 0 Å². The van der Waals surface area contributed by atoms with E-state index < -0.39 is 6.10 Å². The summed E-state index contributed by atoms with van der Waals surface area (Å²) in [7, 11) is 0. The van der Waals surface area contributed by atoms with Gasteiger partial charge in [0.25, 0.3) is 0 Å². The predicted molar refractivity (Wildman–Crippen MR) is 307 cm³/mol. The largest absolute Gasteiger partial charge is 0.462 e. The summed E-state index contributed by atoms with van der Waals surface area (Å²) in [5.41, 5.74) is 0. The topological polar surface area (TPSA) is 78.9 Å². The van der Waals surface area contributed by atoms with Gasteiger partial charge in [-0.15, -0.1) is 0 Å². The van der Waals surface area contributed by atoms with Gasteiger partial charge < -0.3 is 14.2 Å². The van der Waals surface area contributed by atoms with E-state index in [-0.39, 0.29) is 31.1 Å². The molecule has 412 valence electrons. The molecule has 0 saturated heterocycles. The molecule has 0 amide bonds. The van der Waals surface area contributed by atoms with E-state index in [1.54, 1.807) is 0 Å². The molecule has 0 spiro atoms. The molecule has 0 aliphatic rings. The summed E-state index contributed by atoms with van der Waals surface area (Å²) in [5.74, 6) is -0.898. The Balaban J connectivity index is 4.40. The third-order valence-corrected chi connectivity index (χ3v) is 13.5. The Bertz CT molecular complexity index is 1280. The van der Waals surface area contributed by atoms with Gasteiger partial charge in [0.05, 0.1) is 0 Å². The van der Waals surface area contributed by atoms with E-state index in [0.717, 1.165) is 83.5 Å². The Hall–Kier alpha value is -2.89. The van der Waals surface area contributed by atoms with Crippen LogP contribution in [0.4, 0.5) is 0 Å². The summed E-state index contributed by atoms with van der Waals surface area (Å²) in [4.78, 5) is 38.3. The van der Waals surface area contributed by atoms with Gasteiger partial charge in [-0.2, -0.15) is 0 Å². The van der Waals surface area contributed by atoms with Crippen LogP contribution in [0.5, 0.6) is 0 Å². The highest BCUT2D eigenvalue weighted by atomic mass is 16.6. The average Bonchev–Trinajstić information content (AvgIpc) is 3.37. The fourth-order valence-corrected chi connectivity index (χ4v) is 8.79. The highest BCUT2D eigenvalue weighted by Gasteiger charge is 2.19. The molecular formula is C65H116O6. The molecule has 0 aliphatic carbocycles. The number of allylic oxidation sites excluding steroid dienone is 10. The van der Waals surface area contributed by atoms with Crippen LogP contribution in [-0.2, 0) is 28.6 Å². The molecule has 0 N–H and O–H groups in total. The van der Waals surface area contributed by atoms with Crippen LogP contribution in [0.2, 0.25) is 0 Å². The SMILES string of the molecule is CCCCC/C=C\C/C=C\C/C=C\CCCCCCC(=O)O[C@H](COC(=O)CCCCCCCCC/C=C\CCCCCCCC)COC(=O)CCCCCCCCCCC/C=C\CCCCCCCC. The van der Waals surface area contributed by atoms with Crippen LogP contribution in [0.15, 0.2) is 60.8 Å². The lowest BCUT2D eigenvalue weighted by atomic mass is 10.1. The molecule has 0 radical (unpaired) electrons. The Morgan fingerprint density at radius 2 is 0.507 bits per heavy atom. The molecule has 0 rings (SSSR count). The highest BCUT2D eigenvalue weighted by molar-refractivity contribution is 5.71. The van der Waals surface area contributed by atoms with E-state index >= 15 is 0 Å². The quantitative estimate of drug-likeness (QED) is 0.0261. The minimum Gasteiger partial charge on any atom is -0.462 e. The number of carbonyl (C=O) groups is 3. The summed E-state index contributed by atoms with van der Waals surface area (Å²) in [6, 6.07) is 0. The van der Waals surface area contributed by atoms with Gasteiger partial charge in [-0.3, -0.25) is 14.4 Å². The Morgan fingerprint density at radius 1 is 0.282 bits per heavy atom. The zero-order chi connectivity index (χ0) is 51.4. The summed E-state index contributed by atoms with van der Waals surface area (Å²) in [6.45, 7) is 6.62. The number of hydrogen-bond donors (Lipinski definition) is 0. The fraction of sp³-hybridized carbons (Fsp3) is 0.800. The van der Waals surface area contributed by atoms with Gasteiger partial charge in [0.2, 0.25) is 0 Å². The Morgan fingerprint density at radius 3 is 0.831 bits per heavy atom. The van der Waals surface area contributed by atoms with Crippen molar-refractivity contribution in [1.29, 1.82) is 0 Å². The second-order valence-corrected chi connectivity index (χ2v) is 20.6. The molecule has 0 fully saturated rings. The molecule has 0 aromatic heterocycles. The van der Waals surface area contributed by atoms with Crippen molar-refractivity contribution in [3.05, 3.63) is 60.8 Å². The van der Waals surface area contributed by atoms with Crippen LogP contribution < -0.4 is 0 Å². The standard InChI is InChI=1S/C65H116O6/c1-4-7-10-13-16-19-22-25-28-31-32-35-37-40-43-46-49-52-55-58-64(67)70-61-62(71-65(68)59-56-53-50-47-44-41-38-34-30-27-24-21-18-15-12-9-6-3)60-69-63(66)57-54-51-48-45-42-39-36-33-29-26-23-20-17-14-11-8-5-2/h18,21,25-30,38,41,62H,4-17,19-20,22-24,31-37,39-40,42-61H2,1-3H3/b21-18-,28-25-,29-26-,30-27-,41-38-/t62-/m1/s1. The molecule has 6 nitrogen and oxygen atoms in total. The number of carbonyl (C=O) groups excluding carboxylic acids is 3. The summed E-state index contributed by atoms with van der Waals surface area (Å²) >= 11 is 0. The molecule has 0 aromatic carbocycles. The molecule has 0 bridgehead atoms. The maximum atomic E-state index is 12.9. The highest BCUT2D eigenvalue weighted by Crippen LogP contribution is 2.16. The van der Waals surface area contributed by atoms with Crippen LogP contribution in [-0.4, -0.2) is 37.2 Å². The predicted octanol–water partition coefficient (Wildman–Crippen LogP) is 20.8. The van der Waals surface area contributed by atoms with Crippen LogP contribution in [0.1, 0.15) is 316 Å².